The molecule has 5 rings (SSSR count). The van der Waals surface area contributed by atoms with Crippen LogP contribution < -0.4 is 5.32 Å². The van der Waals surface area contributed by atoms with E-state index in [0.29, 0.717) is 27.7 Å². The molecule has 190 valence electrons. The van der Waals surface area contributed by atoms with Gasteiger partial charge in [-0.3, -0.25) is 4.90 Å². The van der Waals surface area contributed by atoms with Gasteiger partial charge in [0.05, 0.1) is 10.0 Å². The maximum Gasteiger partial charge on any atom is 0.321 e. The van der Waals surface area contributed by atoms with Crippen LogP contribution in [0.5, 0.6) is 0 Å². The zero-order chi connectivity index (χ0) is 24.4. The molecule has 0 radical (unpaired) electrons. The predicted octanol–water partition coefficient (Wildman–Crippen LogP) is 4.75. The van der Waals surface area contributed by atoms with Crippen molar-refractivity contribution in [2.75, 3.05) is 51.1 Å². The number of nitrogens with zero attached hydrogens (tertiary/aromatic N) is 4. The van der Waals surface area contributed by atoms with Gasteiger partial charge in [-0.25, -0.2) is 9.78 Å². The van der Waals surface area contributed by atoms with E-state index in [1.807, 2.05) is 10.3 Å². The number of hydrogen-bond acceptors (Lipinski definition) is 6. The number of urea groups is 1. The number of carbonyl (C=O) groups excluding carboxylic acids is 1. The maximum absolute atomic E-state index is 12.6. The number of hydrogen-bond donors (Lipinski definition) is 2. The van der Waals surface area contributed by atoms with Gasteiger partial charge in [-0.15, -0.1) is 11.3 Å². The molecule has 1 aromatic carbocycles. The number of halogens is 2. The Balaban J connectivity index is 1.03. The van der Waals surface area contributed by atoms with E-state index < -0.39 is 5.60 Å². The van der Waals surface area contributed by atoms with Crippen molar-refractivity contribution in [2.45, 2.75) is 43.7 Å². The highest BCUT2D eigenvalue weighted by Gasteiger charge is 2.40. The van der Waals surface area contributed by atoms with E-state index in [4.69, 9.17) is 23.2 Å². The van der Waals surface area contributed by atoms with Crippen molar-refractivity contribution >= 4 is 46.3 Å². The highest BCUT2D eigenvalue weighted by molar-refractivity contribution is 7.09. The lowest BCUT2D eigenvalue weighted by Crippen LogP contribution is -2.51. The third-order valence-electron chi connectivity index (χ3n) is 7.79. The van der Waals surface area contributed by atoms with Gasteiger partial charge in [-0.2, -0.15) is 0 Å². The fourth-order valence-corrected chi connectivity index (χ4v) is 6.82. The molecular formula is C25H33Cl2N5O2S. The first-order chi connectivity index (χ1) is 16.9. The summed E-state index contributed by atoms with van der Waals surface area (Å²) in [7, 11) is 0. The maximum atomic E-state index is 12.6. The molecule has 2 N–H and O–H groups in total. The molecule has 10 heteroatoms. The number of rotatable bonds is 5. The van der Waals surface area contributed by atoms with Crippen LogP contribution in [0.1, 0.15) is 37.1 Å². The van der Waals surface area contributed by atoms with Gasteiger partial charge in [-0.1, -0.05) is 23.2 Å². The SMILES string of the molecule is O=C(Nc1ccc(Cl)c(Cl)c1)N1CCN(C[C@@H]2CCN([C@H]3CC[C@@](O)(c4nccs4)CC3)C2)CC1. The summed E-state index contributed by atoms with van der Waals surface area (Å²) in [6, 6.07) is 5.61. The van der Waals surface area contributed by atoms with E-state index >= 15 is 0 Å². The van der Waals surface area contributed by atoms with Crippen molar-refractivity contribution in [3.63, 3.8) is 0 Å². The van der Waals surface area contributed by atoms with Crippen molar-refractivity contribution in [1.82, 2.24) is 19.7 Å². The van der Waals surface area contributed by atoms with Crippen molar-refractivity contribution in [3.05, 3.63) is 44.8 Å². The van der Waals surface area contributed by atoms with E-state index in [2.05, 4.69) is 20.1 Å². The summed E-state index contributed by atoms with van der Waals surface area (Å²) < 4.78 is 0. The van der Waals surface area contributed by atoms with Gasteiger partial charge in [0.15, 0.2) is 0 Å². The van der Waals surface area contributed by atoms with Crippen LogP contribution in [0.3, 0.4) is 0 Å². The zero-order valence-corrected chi connectivity index (χ0v) is 22.2. The van der Waals surface area contributed by atoms with Gasteiger partial charge in [-0.05, 0) is 62.8 Å². The van der Waals surface area contributed by atoms with Gasteiger partial charge in [0.1, 0.15) is 10.6 Å². The Morgan fingerprint density at radius 2 is 1.89 bits per heavy atom. The predicted molar refractivity (Wildman–Crippen MR) is 141 cm³/mol. The molecule has 3 aliphatic rings. The quantitative estimate of drug-likeness (QED) is 0.575. The van der Waals surface area contributed by atoms with E-state index in [1.165, 1.54) is 6.42 Å². The Kier molecular flexibility index (Phi) is 7.87. The minimum Gasteiger partial charge on any atom is -0.383 e. The Hall–Kier alpha value is -1.42. The third-order valence-corrected chi connectivity index (χ3v) is 9.50. The second-order valence-electron chi connectivity index (χ2n) is 10.1. The molecule has 2 aromatic rings. The monoisotopic (exact) mass is 537 g/mol. The van der Waals surface area contributed by atoms with Gasteiger partial charge < -0.3 is 20.2 Å². The second kappa shape index (κ2) is 10.9. The summed E-state index contributed by atoms with van der Waals surface area (Å²) in [4.78, 5) is 24.0. The molecule has 1 atom stereocenters. The molecule has 2 aliphatic heterocycles. The Morgan fingerprint density at radius 1 is 1.11 bits per heavy atom. The van der Waals surface area contributed by atoms with E-state index in [9.17, 15) is 9.90 Å². The molecule has 0 spiro atoms. The molecular weight excluding hydrogens is 505 g/mol. The van der Waals surface area contributed by atoms with Gasteiger partial charge in [0.25, 0.3) is 0 Å². The number of anilines is 1. The molecule has 1 aromatic heterocycles. The van der Waals surface area contributed by atoms with Gasteiger partial charge in [0.2, 0.25) is 0 Å². The average molecular weight is 539 g/mol. The van der Waals surface area contributed by atoms with E-state index in [1.54, 1.807) is 35.7 Å². The van der Waals surface area contributed by atoms with Crippen molar-refractivity contribution in [3.8, 4) is 0 Å². The number of benzene rings is 1. The number of piperazine rings is 1. The minimum absolute atomic E-state index is 0.0925. The van der Waals surface area contributed by atoms with Crippen LogP contribution in [-0.2, 0) is 5.60 Å². The van der Waals surface area contributed by atoms with Crippen LogP contribution in [0.25, 0.3) is 0 Å². The van der Waals surface area contributed by atoms with Gasteiger partial charge in [0, 0.05) is 62.6 Å². The summed E-state index contributed by atoms with van der Waals surface area (Å²) in [5.74, 6) is 0.673. The first-order valence-corrected chi connectivity index (χ1v) is 14.1. The normalized spacial score (nSPS) is 28.4. The smallest absolute Gasteiger partial charge is 0.321 e. The molecule has 2 amide bonds. The van der Waals surface area contributed by atoms with Crippen LogP contribution in [0, 0.1) is 5.92 Å². The summed E-state index contributed by atoms with van der Waals surface area (Å²) in [5.41, 5.74) is -0.0686. The molecule has 3 fully saturated rings. The number of nitrogens with one attached hydrogen (secondary N) is 1. The summed E-state index contributed by atoms with van der Waals surface area (Å²) in [6.45, 7) is 6.62. The number of amides is 2. The number of aliphatic hydroxyl groups is 1. The third kappa shape index (κ3) is 5.95. The lowest BCUT2D eigenvalue weighted by atomic mass is 9.82. The number of aromatic nitrogens is 1. The van der Waals surface area contributed by atoms with E-state index in [-0.39, 0.29) is 6.03 Å². The van der Waals surface area contributed by atoms with Crippen LogP contribution in [0.15, 0.2) is 29.8 Å². The first-order valence-electron chi connectivity index (χ1n) is 12.5. The van der Waals surface area contributed by atoms with Crippen LogP contribution in [-0.4, -0.2) is 82.7 Å². The largest absolute Gasteiger partial charge is 0.383 e. The van der Waals surface area contributed by atoms with E-state index in [0.717, 1.165) is 76.5 Å². The van der Waals surface area contributed by atoms with Crippen LogP contribution in [0.2, 0.25) is 10.0 Å². The lowest BCUT2D eigenvalue weighted by molar-refractivity contribution is -0.0228. The highest BCUT2D eigenvalue weighted by Crippen LogP contribution is 2.40. The fourth-order valence-electron chi connectivity index (χ4n) is 5.73. The zero-order valence-electron chi connectivity index (χ0n) is 19.8. The number of likely N-dealkylation sites (tertiary alicyclic amines) is 1. The number of thiazole rings is 1. The molecule has 35 heavy (non-hydrogen) atoms. The minimum atomic E-state index is -0.727. The molecule has 2 saturated heterocycles. The molecule has 1 saturated carbocycles. The standard InChI is InChI=1S/C25H33Cl2N5O2S/c26-21-2-1-19(15-22(21)27)29-24(33)31-12-10-30(11-13-31)16-18-5-9-32(17-18)20-3-6-25(34,7-4-20)23-28-8-14-35-23/h1-2,8,14-15,18,20,34H,3-7,9-13,16-17H2,(H,29,33)/t18-,20-,25-/m0/s1. The lowest BCUT2D eigenvalue weighted by Gasteiger charge is -2.39. The van der Waals surface area contributed by atoms with Crippen LogP contribution >= 0.6 is 34.5 Å². The van der Waals surface area contributed by atoms with Crippen molar-refractivity contribution in [2.24, 2.45) is 5.92 Å². The summed E-state index contributed by atoms with van der Waals surface area (Å²) >= 11 is 13.6. The van der Waals surface area contributed by atoms with Gasteiger partial charge >= 0.3 is 6.03 Å². The molecule has 3 heterocycles. The molecule has 1 aliphatic carbocycles. The van der Waals surface area contributed by atoms with Crippen LogP contribution in [0.4, 0.5) is 10.5 Å². The molecule has 7 nitrogen and oxygen atoms in total. The Bertz CT molecular complexity index is 1010. The summed E-state index contributed by atoms with van der Waals surface area (Å²) in [5, 5.41) is 17.7. The molecule has 0 unspecified atom stereocenters. The first kappa shape index (κ1) is 25.2. The highest BCUT2D eigenvalue weighted by atomic mass is 35.5. The fraction of sp³-hybridized carbons (Fsp3) is 0.600. The molecule has 0 bridgehead atoms. The Labute approximate surface area is 221 Å². The second-order valence-corrected chi connectivity index (χ2v) is 11.8. The van der Waals surface area contributed by atoms with Crippen molar-refractivity contribution in [1.29, 1.82) is 0 Å². The topological polar surface area (TPSA) is 71.9 Å². The Morgan fingerprint density at radius 3 is 2.57 bits per heavy atom. The number of carbonyl (C=O) groups is 1. The van der Waals surface area contributed by atoms with Crippen molar-refractivity contribution < 1.29 is 9.90 Å². The average Bonchev–Trinajstić information content (AvgIpc) is 3.56. The summed E-state index contributed by atoms with van der Waals surface area (Å²) in [6.07, 6.45) is 6.70.